The molecule has 17 heavy (non-hydrogen) atoms. The molecule has 0 fully saturated rings. The molecule has 0 radical (unpaired) electrons. The molecule has 0 aromatic carbocycles. The Bertz CT molecular complexity index is 330. The highest BCUT2D eigenvalue weighted by atomic mass is 35.5. The van der Waals surface area contributed by atoms with Gasteiger partial charge in [0.05, 0.1) is 6.10 Å². The molecule has 3 heteroatoms. The highest BCUT2D eigenvalue weighted by molar-refractivity contribution is 6.17. The lowest BCUT2D eigenvalue weighted by atomic mass is 10.1. The molecule has 1 unspecified atom stereocenters. The monoisotopic (exact) mass is 255 g/mol. The highest BCUT2D eigenvalue weighted by Crippen LogP contribution is 2.18. The molecule has 0 N–H and O–H groups in total. The van der Waals surface area contributed by atoms with Gasteiger partial charge in [-0.3, -0.25) is 0 Å². The number of ether oxygens (including phenoxy) is 1. The van der Waals surface area contributed by atoms with Crippen molar-refractivity contribution in [1.82, 2.24) is 4.98 Å². The van der Waals surface area contributed by atoms with Crippen LogP contribution < -0.4 is 4.74 Å². The van der Waals surface area contributed by atoms with E-state index in [9.17, 15) is 0 Å². The van der Waals surface area contributed by atoms with Crippen LogP contribution in [-0.2, 0) is 12.3 Å². The molecule has 0 spiro atoms. The van der Waals surface area contributed by atoms with Gasteiger partial charge < -0.3 is 4.74 Å². The second kappa shape index (κ2) is 6.85. The molecule has 0 aliphatic rings. The number of alkyl halides is 1. The molecule has 96 valence electrons. The number of pyridine rings is 1. The van der Waals surface area contributed by atoms with Gasteiger partial charge >= 0.3 is 0 Å². The van der Waals surface area contributed by atoms with E-state index in [0.717, 1.165) is 24.1 Å². The molecule has 0 aliphatic carbocycles. The predicted octanol–water partition coefficient (Wildman–Crippen LogP) is 4.20. The number of halogens is 1. The van der Waals surface area contributed by atoms with Crippen LogP contribution in [0.5, 0.6) is 5.88 Å². The van der Waals surface area contributed by atoms with Crippen molar-refractivity contribution in [2.45, 2.75) is 52.5 Å². The number of aryl methyl sites for hydroxylation is 1. The minimum Gasteiger partial charge on any atom is -0.475 e. The first-order valence-corrected chi connectivity index (χ1v) is 6.81. The molecule has 1 heterocycles. The van der Waals surface area contributed by atoms with E-state index in [0.29, 0.717) is 17.7 Å². The third kappa shape index (κ3) is 4.95. The van der Waals surface area contributed by atoms with Crippen LogP contribution in [0.15, 0.2) is 12.1 Å². The van der Waals surface area contributed by atoms with Crippen LogP contribution in [-0.4, -0.2) is 11.1 Å². The van der Waals surface area contributed by atoms with Crippen LogP contribution in [0.1, 0.15) is 45.4 Å². The Balaban J connectivity index is 2.75. The average molecular weight is 256 g/mol. The Morgan fingerprint density at radius 3 is 2.53 bits per heavy atom. The molecule has 1 rings (SSSR count). The van der Waals surface area contributed by atoms with Crippen molar-refractivity contribution in [3.63, 3.8) is 0 Å². The molecule has 1 aromatic rings. The number of hydrogen-bond acceptors (Lipinski definition) is 2. The standard InChI is InChI=1S/C14H22ClNO/c1-5-13-7-12(9-15)8-14(16-13)17-11(4)6-10(2)3/h7-8,10-11H,5-6,9H2,1-4H3. The summed E-state index contributed by atoms with van der Waals surface area (Å²) in [5.41, 5.74) is 2.11. The first-order chi connectivity index (χ1) is 8.05. The Hall–Kier alpha value is -0.760. The summed E-state index contributed by atoms with van der Waals surface area (Å²) < 4.78 is 5.84. The Kier molecular flexibility index (Phi) is 5.76. The van der Waals surface area contributed by atoms with Gasteiger partial charge in [-0.2, -0.15) is 0 Å². The molecule has 0 saturated carbocycles. The maximum absolute atomic E-state index is 5.87. The highest BCUT2D eigenvalue weighted by Gasteiger charge is 2.09. The zero-order valence-corrected chi connectivity index (χ0v) is 11.9. The summed E-state index contributed by atoms with van der Waals surface area (Å²) in [6.07, 6.45) is 2.13. The summed E-state index contributed by atoms with van der Waals surface area (Å²) in [5.74, 6) is 1.84. The molecule has 0 amide bonds. The second-order valence-corrected chi connectivity index (χ2v) is 5.12. The van der Waals surface area contributed by atoms with Crippen LogP contribution in [0.3, 0.4) is 0 Å². The Morgan fingerprint density at radius 1 is 1.29 bits per heavy atom. The quantitative estimate of drug-likeness (QED) is 0.711. The number of aromatic nitrogens is 1. The van der Waals surface area contributed by atoms with Gasteiger partial charge in [0.25, 0.3) is 0 Å². The predicted molar refractivity (Wildman–Crippen MR) is 72.7 cm³/mol. The topological polar surface area (TPSA) is 22.1 Å². The van der Waals surface area contributed by atoms with E-state index in [4.69, 9.17) is 16.3 Å². The van der Waals surface area contributed by atoms with Gasteiger partial charge in [-0.05, 0) is 37.3 Å². The zero-order valence-electron chi connectivity index (χ0n) is 11.2. The van der Waals surface area contributed by atoms with Gasteiger partial charge in [-0.15, -0.1) is 11.6 Å². The summed E-state index contributed by atoms with van der Waals surface area (Å²) in [6.45, 7) is 8.56. The third-order valence-corrected chi connectivity index (χ3v) is 2.87. The fourth-order valence-electron chi connectivity index (χ4n) is 1.86. The maximum Gasteiger partial charge on any atom is 0.214 e. The van der Waals surface area contributed by atoms with Crippen molar-refractivity contribution in [3.8, 4) is 5.88 Å². The average Bonchev–Trinajstić information content (AvgIpc) is 2.27. The number of nitrogens with zero attached hydrogens (tertiary/aromatic N) is 1. The van der Waals surface area contributed by atoms with E-state index in [1.165, 1.54) is 0 Å². The van der Waals surface area contributed by atoms with Crippen molar-refractivity contribution < 1.29 is 4.74 Å². The minimum absolute atomic E-state index is 0.192. The fraction of sp³-hybridized carbons (Fsp3) is 0.643. The van der Waals surface area contributed by atoms with E-state index < -0.39 is 0 Å². The lowest BCUT2D eigenvalue weighted by Gasteiger charge is -2.16. The summed E-state index contributed by atoms with van der Waals surface area (Å²) >= 11 is 5.87. The van der Waals surface area contributed by atoms with Crippen molar-refractivity contribution >= 4 is 11.6 Å². The first kappa shape index (κ1) is 14.3. The zero-order chi connectivity index (χ0) is 12.8. The molecular weight excluding hydrogens is 234 g/mol. The molecular formula is C14H22ClNO. The van der Waals surface area contributed by atoms with Crippen molar-refractivity contribution in [3.05, 3.63) is 23.4 Å². The first-order valence-electron chi connectivity index (χ1n) is 6.27. The van der Waals surface area contributed by atoms with E-state index >= 15 is 0 Å². The summed E-state index contributed by atoms with van der Waals surface area (Å²) in [6, 6.07) is 3.97. The van der Waals surface area contributed by atoms with Crippen molar-refractivity contribution in [2.24, 2.45) is 5.92 Å². The summed E-state index contributed by atoms with van der Waals surface area (Å²) in [4.78, 5) is 4.47. The number of hydrogen-bond donors (Lipinski definition) is 0. The van der Waals surface area contributed by atoms with Crippen molar-refractivity contribution in [1.29, 1.82) is 0 Å². The van der Waals surface area contributed by atoms with E-state index in [-0.39, 0.29) is 6.10 Å². The van der Waals surface area contributed by atoms with E-state index in [1.807, 2.05) is 12.1 Å². The number of rotatable bonds is 6. The second-order valence-electron chi connectivity index (χ2n) is 4.85. The van der Waals surface area contributed by atoms with Gasteiger partial charge in [-0.25, -0.2) is 4.98 Å². The lowest BCUT2D eigenvalue weighted by molar-refractivity contribution is 0.185. The lowest BCUT2D eigenvalue weighted by Crippen LogP contribution is -2.15. The van der Waals surface area contributed by atoms with Gasteiger partial charge in [0.1, 0.15) is 0 Å². The van der Waals surface area contributed by atoms with Gasteiger partial charge in [0.15, 0.2) is 0 Å². The van der Waals surface area contributed by atoms with Crippen LogP contribution in [0, 0.1) is 5.92 Å². The van der Waals surface area contributed by atoms with Crippen molar-refractivity contribution in [2.75, 3.05) is 0 Å². The molecule has 0 aliphatic heterocycles. The fourth-order valence-corrected chi connectivity index (χ4v) is 2.01. The molecule has 0 saturated heterocycles. The molecule has 2 nitrogen and oxygen atoms in total. The van der Waals surface area contributed by atoms with Crippen LogP contribution in [0.2, 0.25) is 0 Å². The third-order valence-electron chi connectivity index (χ3n) is 2.56. The smallest absolute Gasteiger partial charge is 0.214 e. The summed E-state index contributed by atoms with van der Waals surface area (Å²) in [7, 11) is 0. The molecule has 1 aromatic heterocycles. The SMILES string of the molecule is CCc1cc(CCl)cc(OC(C)CC(C)C)n1. The van der Waals surface area contributed by atoms with Crippen LogP contribution >= 0.6 is 11.6 Å². The maximum atomic E-state index is 5.87. The van der Waals surface area contributed by atoms with Crippen LogP contribution in [0.4, 0.5) is 0 Å². The summed E-state index contributed by atoms with van der Waals surface area (Å²) in [5, 5.41) is 0. The van der Waals surface area contributed by atoms with Gasteiger partial charge in [-0.1, -0.05) is 20.8 Å². The largest absolute Gasteiger partial charge is 0.475 e. The van der Waals surface area contributed by atoms with E-state index in [1.54, 1.807) is 0 Å². The molecule has 0 bridgehead atoms. The van der Waals surface area contributed by atoms with Crippen LogP contribution in [0.25, 0.3) is 0 Å². The van der Waals surface area contributed by atoms with Gasteiger partial charge in [0, 0.05) is 17.6 Å². The minimum atomic E-state index is 0.192. The normalized spacial score (nSPS) is 12.8. The molecule has 1 atom stereocenters. The van der Waals surface area contributed by atoms with E-state index in [2.05, 4.69) is 32.7 Å². The Labute approximate surface area is 109 Å². The Morgan fingerprint density at radius 2 is 2.00 bits per heavy atom. The van der Waals surface area contributed by atoms with Gasteiger partial charge in [0.2, 0.25) is 5.88 Å².